The molecule has 11 heterocycles. The number of benzene rings is 16. The van der Waals surface area contributed by atoms with Crippen molar-refractivity contribution in [2.24, 2.45) is 0 Å². The fourth-order valence-corrected chi connectivity index (χ4v) is 31.8. The number of imidazole rings is 6. The molecule has 16 aromatic carbocycles. The van der Waals surface area contributed by atoms with Gasteiger partial charge in [-0.05, 0) is 151 Å². The molecule has 0 atom stereocenters. The third-order valence-corrected chi connectivity index (χ3v) is 37.1. The molecule has 125 heavy (non-hydrogen) atoms. The van der Waals surface area contributed by atoms with E-state index < -0.39 is 16.1 Å². The molecule has 584 valence electrons. The van der Waals surface area contributed by atoms with E-state index in [1.54, 1.807) is 0 Å². The molecule has 0 unspecified atom stereocenters. The second-order valence-corrected chi connectivity index (χ2v) is 41.5. The Kier molecular flexibility index (Phi) is 14.9. The molecule has 0 spiro atoms. The maximum Gasteiger partial charge on any atom is 0.241 e. The lowest BCUT2D eigenvalue weighted by Gasteiger charge is -2.32. The molecule has 11 aromatic heterocycles. The van der Waals surface area contributed by atoms with Crippen LogP contribution in [0, 0.1) is 0 Å². The molecule has 16 nitrogen and oxygen atoms in total. The van der Waals surface area contributed by atoms with Crippen molar-refractivity contribution in [1.29, 1.82) is 0 Å². The maximum atomic E-state index is 6.10. The smallest absolute Gasteiger partial charge is 0.241 e. The molecular formula is C105H64N16S2Si2. The third kappa shape index (κ3) is 9.97. The molecule has 0 fully saturated rings. The van der Waals surface area contributed by atoms with Crippen LogP contribution in [0.5, 0.6) is 0 Å². The molecule has 0 amide bonds. The van der Waals surface area contributed by atoms with Crippen LogP contribution in [0.15, 0.2) is 388 Å². The van der Waals surface area contributed by atoms with Crippen molar-refractivity contribution in [1.82, 2.24) is 76.3 Å². The Hall–Kier alpha value is -16.0. The first-order valence-corrected chi connectivity index (χ1v) is 47.4. The lowest BCUT2D eigenvalue weighted by atomic mass is 10.0. The van der Waals surface area contributed by atoms with E-state index in [0.717, 1.165) is 125 Å². The van der Waals surface area contributed by atoms with Gasteiger partial charge in [0.25, 0.3) is 0 Å². The molecule has 0 aliphatic rings. The lowest BCUT2D eigenvalue weighted by Crippen LogP contribution is -2.76. The summed E-state index contributed by atoms with van der Waals surface area (Å²) in [5.41, 5.74) is 16.2. The standard InChI is InChI=1S/C105H64N16S2Si2/c1-5-30-67(31-6-1)124(68-32-7-2-8-33-68,71-58-61-94-77(64-71)74-40-15-27-53-92(74)122-94)101-112-99(120-90-51-25-22-48-87(90)117-84-46-20-17-43-79(84)107-104(117)120)110-100(113-101)121-91-52-26-23-49-88(91)118-85-60-57-66(63-80(85)108-105(118)121)65-56-59-82-76(62-65)72-38-13-18-44-81(72)115(82)97-109-98(119-89-50-24-21-47-86(89)116-83-45-19-16-42-78(83)106-103(116)119)114-102(111-97)125(69-34-9-3-10-35-69,70-36-11-4-12-37-70)95-55-29-41-75-73-39-14-28-54-93(73)123-96(75)95/h1-64H. The zero-order valence-electron chi connectivity index (χ0n) is 66.4. The summed E-state index contributed by atoms with van der Waals surface area (Å²) < 4.78 is 20.3. The predicted molar refractivity (Wildman–Crippen MR) is 515 cm³/mol. The minimum atomic E-state index is -3.67. The highest BCUT2D eigenvalue weighted by Crippen LogP contribution is 2.41. The van der Waals surface area contributed by atoms with E-state index in [1.165, 1.54) is 45.5 Å². The van der Waals surface area contributed by atoms with Crippen LogP contribution in [0.25, 0.3) is 181 Å². The molecule has 0 saturated carbocycles. The molecule has 20 heteroatoms. The number of nitrogens with zero attached hydrogens (tertiary/aromatic N) is 16. The lowest BCUT2D eigenvalue weighted by molar-refractivity contribution is 0.887. The molecule has 27 rings (SSSR count). The van der Waals surface area contributed by atoms with Crippen molar-refractivity contribution in [3.8, 4) is 34.9 Å². The second-order valence-electron chi connectivity index (χ2n) is 32.1. The fourth-order valence-electron chi connectivity index (χ4n) is 20.2. The van der Waals surface area contributed by atoms with E-state index in [0.29, 0.717) is 52.0 Å². The van der Waals surface area contributed by atoms with E-state index in [4.69, 9.17) is 44.9 Å². The summed E-state index contributed by atoms with van der Waals surface area (Å²) in [4.78, 5) is 52.5. The number of aromatic nitrogens is 16. The Balaban J connectivity index is 0.682. The van der Waals surface area contributed by atoms with E-state index in [1.807, 2.05) is 34.8 Å². The quantitative estimate of drug-likeness (QED) is 0.0812. The van der Waals surface area contributed by atoms with Gasteiger partial charge in [-0.25, -0.2) is 48.6 Å². The van der Waals surface area contributed by atoms with Gasteiger partial charge in [-0.15, -0.1) is 22.7 Å². The van der Waals surface area contributed by atoms with Gasteiger partial charge < -0.3 is 0 Å². The molecule has 0 radical (unpaired) electrons. The number of fused-ring (bicyclic) bond motifs is 24. The van der Waals surface area contributed by atoms with Crippen molar-refractivity contribution in [3.63, 3.8) is 0 Å². The molecular weight excluding hydrogens is 1610 g/mol. The average Bonchev–Trinajstić information content (AvgIpc) is 1.60. The second kappa shape index (κ2) is 26.8. The van der Waals surface area contributed by atoms with Crippen molar-refractivity contribution in [2.45, 2.75) is 0 Å². The van der Waals surface area contributed by atoms with Crippen LogP contribution in [0.3, 0.4) is 0 Å². The summed E-state index contributed by atoms with van der Waals surface area (Å²) in [6.07, 6.45) is 0. The normalized spacial score (nSPS) is 12.5. The van der Waals surface area contributed by atoms with Gasteiger partial charge >= 0.3 is 0 Å². The van der Waals surface area contributed by atoms with E-state index in [2.05, 4.69) is 408 Å². The molecule has 0 N–H and O–H groups in total. The summed E-state index contributed by atoms with van der Waals surface area (Å²) in [5, 5.41) is 13.7. The first-order valence-electron chi connectivity index (χ1n) is 41.8. The summed E-state index contributed by atoms with van der Waals surface area (Å²) in [6.45, 7) is 0. The van der Waals surface area contributed by atoms with Gasteiger partial charge in [-0.1, -0.05) is 279 Å². The average molecular weight is 1670 g/mol. The maximum absolute atomic E-state index is 6.10. The Morgan fingerprint density at radius 2 is 0.568 bits per heavy atom. The minimum Gasteiger partial charge on any atom is -0.278 e. The highest BCUT2D eigenvalue weighted by Gasteiger charge is 2.49. The summed E-state index contributed by atoms with van der Waals surface area (Å²) >= 11 is 3.66. The van der Waals surface area contributed by atoms with Gasteiger partial charge in [0.05, 0.1) is 77.2 Å². The van der Waals surface area contributed by atoms with Crippen molar-refractivity contribution >= 4 is 227 Å². The molecule has 0 bridgehead atoms. The summed E-state index contributed by atoms with van der Waals surface area (Å²) in [6, 6.07) is 140. The highest BCUT2D eigenvalue weighted by molar-refractivity contribution is 7.30. The van der Waals surface area contributed by atoms with Gasteiger partial charge in [0, 0.05) is 51.1 Å². The van der Waals surface area contributed by atoms with Crippen LogP contribution in [0.1, 0.15) is 0 Å². The SMILES string of the molecule is c1ccc([Si](c2ccccc2)(c2ccc3sc4ccccc4c3c2)c2nc(-n3c4ccccc4n4c5ccccc5nc34)nc(-n3c4ccccc4n4c5ccc(-c6ccc7c(c6)c6ccccc6n7-c6nc(-n7c8ccccc8n8c9ccccc9nc78)nc([Si](c7ccccc7)(c7ccccc7)c7cccc8c7sc7ccccc78)n6)cc5nc34)n2)cc1. The number of hydrogen-bond acceptors (Lipinski definition) is 11. The van der Waals surface area contributed by atoms with Crippen molar-refractivity contribution in [2.75, 3.05) is 0 Å². The number of hydrogen-bond donors (Lipinski definition) is 0. The number of rotatable bonds is 13. The van der Waals surface area contributed by atoms with Crippen LogP contribution in [0.4, 0.5) is 0 Å². The topological polar surface area (TPSA) is 149 Å². The molecule has 27 aromatic rings. The van der Waals surface area contributed by atoms with Crippen LogP contribution >= 0.6 is 22.7 Å². The Morgan fingerprint density at radius 3 is 1.10 bits per heavy atom. The molecule has 0 saturated heterocycles. The van der Waals surface area contributed by atoms with Crippen LogP contribution in [-0.2, 0) is 0 Å². The minimum absolute atomic E-state index is 0.413. The Morgan fingerprint density at radius 1 is 0.200 bits per heavy atom. The van der Waals surface area contributed by atoms with Crippen LogP contribution in [0.2, 0.25) is 0 Å². The Labute approximate surface area is 720 Å². The summed E-state index contributed by atoms with van der Waals surface area (Å²) in [5.74, 6) is 3.79. The van der Waals surface area contributed by atoms with Gasteiger partial charge in [0.2, 0.25) is 57.3 Å². The van der Waals surface area contributed by atoms with E-state index >= 15 is 0 Å². The van der Waals surface area contributed by atoms with Crippen molar-refractivity contribution in [3.05, 3.63) is 388 Å². The third-order valence-electron chi connectivity index (χ3n) is 25.6. The predicted octanol–water partition coefficient (Wildman–Crippen LogP) is 18.5. The first kappa shape index (κ1) is 69.8. The summed E-state index contributed by atoms with van der Waals surface area (Å²) in [7, 11) is -7.32. The zero-order chi connectivity index (χ0) is 81.7. The van der Waals surface area contributed by atoms with Gasteiger partial charge in [0.15, 0.2) is 0 Å². The van der Waals surface area contributed by atoms with E-state index in [-0.39, 0.29) is 0 Å². The molecule has 0 aliphatic carbocycles. The van der Waals surface area contributed by atoms with E-state index in [9.17, 15) is 0 Å². The first-order chi connectivity index (χ1) is 62.0. The number of thiophene rings is 2. The van der Waals surface area contributed by atoms with Gasteiger partial charge in [-0.3, -0.25) is 17.8 Å². The zero-order valence-corrected chi connectivity index (χ0v) is 70.1. The fraction of sp³-hybridized carbons (Fsp3) is 0. The Bertz CT molecular complexity index is 9100. The van der Waals surface area contributed by atoms with Gasteiger partial charge in [-0.2, -0.15) is 9.97 Å². The van der Waals surface area contributed by atoms with Crippen LogP contribution in [-0.4, -0.2) is 92.5 Å². The van der Waals surface area contributed by atoms with Crippen LogP contribution < -0.4 is 42.0 Å². The largest absolute Gasteiger partial charge is 0.278 e. The number of para-hydroxylation sites is 11. The highest BCUT2D eigenvalue weighted by atomic mass is 32.1. The van der Waals surface area contributed by atoms with Gasteiger partial charge in [0.1, 0.15) is 10.9 Å². The molecule has 0 aliphatic heterocycles. The van der Waals surface area contributed by atoms with Crippen molar-refractivity contribution < 1.29 is 0 Å². The monoisotopic (exact) mass is 1670 g/mol.